The molecular formula is C13H16N2O. The summed E-state index contributed by atoms with van der Waals surface area (Å²) in [5.41, 5.74) is 0.722. The van der Waals surface area contributed by atoms with Crippen LogP contribution in [0.1, 0.15) is 16.8 Å². The lowest BCUT2D eigenvalue weighted by molar-refractivity contribution is 0.0938. The van der Waals surface area contributed by atoms with Gasteiger partial charge in [0.05, 0.1) is 0 Å². The van der Waals surface area contributed by atoms with Gasteiger partial charge >= 0.3 is 0 Å². The van der Waals surface area contributed by atoms with Crippen LogP contribution in [0.25, 0.3) is 0 Å². The maximum absolute atomic E-state index is 11.8. The third-order valence-corrected chi connectivity index (χ3v) is 2.85. The van der Waals surface area contributed by atoms with Crippen molar-refractivity contribution < 1.29 is 4.79 Å². The second-order valence-electron chi connectivity index (χ2n) is 4.00. The van der Waals surface area contributed by atoms with Crippen molar-refractivity contribution in [3.05, 3.63) is 48.7 Å². The third kappa shape index (κ3) is 2.42. The fourth-order valence-electron chi connectivity index (χ4n) is 1.93. The van der Waals surface area contributed by atoms with Gasteiger partial charge in [-0.05, 0) is 24.8 Å². The summed E-state index contributed by atoms with van der Waals surface area (Å²) in [4.78, 5) is 14.0. The highest BCUT2D eigenvalue weighted by molar-refractivity contribution is 5.94. The highest BCUT2D eigenvalue weighted by Crippen LogP contribution is 2.09. The predicted octanol–water partition coefficient (Wildman–Crippen LogP) is 1.63. The van der Waals surface area contributed by atoms with E-state index in [-0.39, 0.29) is 11.9 Å². The summed E-state index contributed by atoms with van der Waals surface area (Å²) >= 11 is 0. The molecule has 1 amide bonds. The van der Waals surface area contributed by atoms with Gasteiger partial charge in [-0.15, -0.1) is 0 Å². The van der Waals surface area contributed by atoms with Crippen LogP contribution in [0.5, 0.6) is 0 Å². The zero-order valence-corrected chi connectivity index (χ0v) is 9.23. The molecule has 1 aliphatic heterocycles. The Morgan fingerprint density at radius 3 is 2.81 bits per heavy atom. The van der Waals surface area contributed by atoms with Gasteiger partial charge in [-0.2, -0.15) is 0 Å². The van der Waals surface area contributed by atoms with E-state index < -0.39 is 0 Å². The molecule has 2 rings (SSSR count). The molecule has 0 unspecified atom stereocenters. The molecule has 16 heavy (non-hydrogen) atoms. The van der Waals surface area contributed by atoms with E-state index in [1.54, 1.807) is 0 Å². The lowest BCUT2D eigenvalue weighted by Crippen LogP contribution is -2.36. The van der Waals surface area contributed by atoms with Gasteiger partial charge in [-0.3, -0.25) is 4.79 Å². The first-order valence-electron chi connectivity index (χ1n) is 5.52. The Balaban J connectivity index is 1.91. The lowest BCUT2D eigenvalue weighted by Gasteiger charge is -2.14. The standard InChI is InChI=1S/C13H16N2O/c1-2-15-9-8-12(10-15)14-13(16)11-6-4-3-5-7-11/h2-7,12H,1,8-10H2,(H,14,16)/t12-/m1/s1. The quantitative estimate of drug-likeness (QED) is 0.833. The highest BCUT2D eigenvalue weighted by atomic mass is 16.1. The fraction of sp³-hybridized carbons (Fsp3) is 0.308. The monoisotopic (exact) mass is 216 g/mol. The van der Waals surface area contributed by atoms with Crippen molar-refractivity contribution in [1.29, 1.82) is 0 Å². The van der Waals surface area contributed by atoms with Gasteiger partial charge in [0.25, 0.3) is 5.91 Å². The summed E-state index contributed by atoms with van der Waals surface area (Å²) in [6.07, 6.45) is 2.82. The molecule has 1 fully saturated rings. The summed E-state index contributed by atoms with van der Waals surface area (Å²) in [6.45, 7) is 5.57. The van der Waals surface area contributed by atoms with E-state index in [1.165, 1.54) is 0 Å². The average molecular weight is 216 g/mol. The predicted molar refractivity (Wildman–Crippen MR) is 64.1 cm³/mol. The van der Waals surface area contributed by atoms with E-state index in [9.17, 15) is 4.79 Å². The molecule has 1 aromatic carbocycles. The van der Waals surface area contributed by atoms with Gasteiger partial charge < -0.3 is 10.2 Å². The molecule has 0 aliphatic carbocycles. The van der Waals surface area contributed by atoms with Crippen molar-refractivity contribution in [3.63, 3.8) is 0 Å². The number of likely N-dealkylation sites (tertiary alicyclic amines) is 1. The normalized spacial score (nSPS) is 19.5. The number of carbonyl (C=O) groups excluding carboxylic acids is 1. The van der Waals surface area contributed by atoms with E-state index in [0.29, 0.717) is 0 Å². The average Bonchev–Trinajstić information content (AvgIpc) is 2.78. The van der Waals surface area contributed by atoms with Gasteiger partial charge in [0.15, 0.2) is 0 Å². The van der Waals surface area contributed by atoms with Gasteiger partial charge in [0.1, 0.15) is 0 Å². The Morgan fingerprint density at radius 2 is 2.19 bits per heavy atom. The van der Waals surface area contributed by atoms with E-state index in [4.69, 9.17) is 0 Å². The molecule has 84 valence electrons. The van der Waals surface area contributed by atoms with E-state index in [1.807, 2.05) is 36.5 Å². The Hall–Kier alpha value is -1.77. The topological polar surface area (TPSA) is 32.3 Å². The number of benzene rings is 1. The molecule has 1 heterocycles. The molecule has 0 bridgehead atoms. The maximum atomic E-state index is 11.8. The van der Waals surface area contributed by atoms with Crippen LogP contribution in [-0.4, -0.2) is 29.9 Å². The zero-order chi connectivity index (χ0) is 11.4. The zero-order valence-electron chi connectivity index (χ0n) is 9.23. The molecule has 3 heteroatoms. The minimum Gasteiger partial charge on any atom is -0.376 e. The first-order valence-corrected chi connectivity index (χ1v) is 5.52. The van der Waals surface area contributed by atoms with Crippen LogP contribution in [0.15, 0.2) is 43.1 Å². The van der Waals surface area contributed by atoms with Crippen molar-refractivity contribution in [2.45, 2.75) is 12.5 Å². The Morgan fingerprint density at radius 1 is 1.44 bits per heavy atom. The minimum atomic E-state index is 0.0107. The molecule has 1 N–H and O–H groups in total. The largest absolute Gasteiger partial charge is 0.376 e. The molecule has 1 atom stereocenters. The third-order valence-electron chi connectivity index (χ3n) is 2.85. The first kappa shape index (κ1) is 10.7. The van der Waals surface area contributed by atoms with Crippen molar-refractivity contribution in [3.8, 4) is 0 Å². The molecular weight excluding hydrogens is 200 g/mol. The number of nitrogens with zero attached hydrogens (tertiary/aromatic N) is 1. The molecule has 0 aromatic heterocycles. The van der Waals surface area contributed by atoms with Crippen molar-refractivity contribution in [2.24, 2.45) is 0 Å². The van der Waals surface area contributed by atoms with Crippen LogP contribution in [0.4, 0.5) is 0 Å². The van der Waals surface area contributed by atoms with E-state index in [2.05, 4.69) is 16.8 Å². The Labute approximate surface area is 95.8 Å². The first-order chi connectivity index (χ1) is 7.79. The molecule has 0 radical (unpaired) electrons. The number of hydrogen-bond acceptors (Lipinski definition) is 2. The minimum absolute atomic E-state index is 0.0107. The van der Waals surface area contributed by atoms with Gasteiger partial charge in [-0.25, -0.2) is 0 Å². The van der Waals surface area contributed by atoms with Crippen LogP contribution >= 0.6 is 0 Å². The van der Waals surface area contributed by atoms with Crippen LogP contribution in [0.2, 0.25) is 0 Å². The molecule has 1 aliphatic rings. The van der Waals surface area contributed by atoms with Gasteiger partial charge in [0, 0.05) is 24.7 Å². The van der Waals surface area contributed by atoms with Crippen molar-refractivity contribution >= 4 is 5.91 Å². The molecule has 0 saturated carbocycles. The number of hydrogen-bond donors (Lipinski definition) is 1. The molecule has 1 aromatic rings. The van der Waals surface area contributed by atoms with Crippen molar-refractivity contribution in [2.75, 3.05) is 13.1 Å². The van der Waals surface area contributed by atoms with Crippen LogP contribution in [0.3, 0.4) is 0 Å². The SMILES string of the molecule is C=CN1CC[C@@H](NC(=O)c2ccccc2)C1. The number of nitrogens with one attached hydrogen (secondary N) is 1. The number of rotatable bonds is 3. The van der Waals surface area contributed by atoms with Crippen LogP contribution in [-0.2, 0) is 0 Å². The second kappa shape index (κ2) is 4.84. The second-order valence-corrected chi connectivity index (χ2v) is 4.00. The lowest BCUT2D eigenvalue weighted by atomic mass is 10.2. The van der Waals surface area contributed by atoms with Crippen LogP contribution < -0.4 is 5.32 Å². The van der Waals surface area contributed by atoms with Gasteiger partial charge in [0.2, 0.25) is 0 Å². The smallest absolute Gasteiger partial charge is 0.251 e. The van der Waals surface area contributed by atoms with Crippen LogP contribution in [0, 0.1) is 0 Å². The summed E-state index contributed by atoms with van der Waals surface area (Å²) < 4.78 is 0. The van der Waals surface area contributed by atoms with Gasteiger partial charge in [-0.1, -0.05) is 24.8 Å². The Bertz CT molecular complexity index is 375. The Kier molecular flexibility index (Phi) is 3.25. The summed E-state index contributed by atoms with van der Waals surface area (Å²) in [5.74, 6) is 0.0107. The van der Waals surface area contributed by atoms with E-state index in [0.717, 1.165) is 25.1 Å². The van der Waals surface area contributed by atoms with E-state index >= 15 is 0 Å². The molecule has 3 nitrogen and oxygen atoms in total. The summed E-state index contributed by atoms with van der Waals surface area (Å²) in [5, 5.41) is 3.03. The number of carbonyl (C=O) groups is 1. The highest BCUT2D eigenvalue weighted by Gasteiger charge is 2.21. The molecule has 0 spiro atoms. The fourth-order valence-corrected chi connectivity index (χ4v) is 1.93. The summed E-state index contributed by atoms with van der Waals surface area (Å²) in [7, 11) is 0. The summed E-state index contributed by atoms with van der Waals surface area (Å²) in [6, 6.07) is 9.56. The molecule has 1 saturated heterocycles. The number of amides is 1. The van der Waals surface area contributed by atoms with Crippen molar-refractivity contribution in [1.82, 2.24) is 10.2 Å². The maximum Gasteiger partial charge on any atom is 0.251 e.